The molecule has 1 aliphatic rings. The third-order valence-electron chi connectivity index (χ3n) is 1.83. The van der Waals surface area contributed by atoms with E-state index < -0.39 is 6.09 Å². The molecule has 1 rings (SSSR count). The molecule has 0 aromatic rings. The van der Waals surface area contributed by atoms with Gasteiger partial charge >= 0.3 is 6.09 Å². The monoisotopic (exact) mass is 145 g/mol. The van der Waals surface area contributed by atoms with Crippen LogP contribution in [0.5, 0.6) is 0 Å². The highest BCUT2D eigenvalue weighted by Crippen LogP contribution is 2.15. The molecule has 1 amide bonds. The van der Waals surface area contributed by atoms with Crippen LogP contribution in [0.4, 0.5) is 4.79 Å². The van der Waals surface area contributed by atoms with E-state index in [9.17, 15) is 4.79 Å². The molecule has 0 unspecified atom stereocenters. The first kappa shape index (κ1) is 7.34. The average Bonchev–Trinajstić information content (AvgIpc) is 2.33. The van der Waals surface area contributed by atoms with Crippen molar-refractivity contribution in [2.75, 3.05) is 13.2 Å². The molecule has 4 nitrogen and oxygen atoms in total. The van der Waals surface area contributed by atoms with Crippen LogP contribution in [-0.2, 0) is 0 Å². The summed E-state index contributed by atoms with van der Waals surface area (Å²) in [6, 6.07) is -0.155. The number of hydrogen-bond donors (Lipinski definition) is 2. The molecule has 1 heterocycles. The summed E-state index contributed by atoms with van der Waals surface area (Å²) in [5, 5.41) is 17.2. The maximum Gasteiger partial charge on any atom is 0.407 e. The van der Waals surface area contributed by atoms with Gasteiger partial charge in [-0.25, -0.2) is 4.79 Å². The van der Waals surface area contributed by atoms with Gasteiger partial charge in [0.05, 0.1) is 12.6 Å². The van der Waals surface area contributed by atoms with Crippen LogP contribution >= 0.6 is 0 Å². The lowest BCUT2D eigenvalue weighted by Gasteiger charge is -2.18. The summed E-state index contributed by atoms with van der Waals surface area (Å²) in [4.78, 5) is 11.7. The summed E-state index contributed by atoms with van der Waals surface area (Å²) in [5.74, 6) is 0. The predicted molar refractivity (Wildman–Crippen MR) is 34.8 cm³/mol. The summed E-state index contributed by atoms with van der Waals surface area (Å²) in [7, 11) is 0. The molecule has 0 aliphatic carbocycles. The van der Waals surface area contributed by atoms with Gasteiger partial charge in [-0.05, 0) is 12.8 Å². The Morgan fingerprint density at radius 2 is 2.40 bits per heavy atom. The van der Waals surface area contributed by atoms with E-state index in [1.54, 1.807) is 0 Å². The second kappa shape index (κ2) is 2.88. The van der Waals surface area contributed by atoms with Crippen LogP contribution in [0.3, 0.4) is 0 Å². The van der Waals surface area contributed by atoms with Gasteiger partial charge in [-0.15, -0.1) is 0 Å². The number of carboxylic acid groups (broad SMARTS) is 1. The molecule has 0 radical (unpaired) electrons. The lowest BCUT2D eigenvalue weighted by Crippen LogP contribution is -2.36. The Morgan fingerprint density at radius 1 is 1.70 bits per heavy atom. The van der Waals surface area contributed by atoms with Gasteiger partial charge in [0.1, 0.15) is 0 Å². The van der Waals surface area contributed by atoms with Gasteiger partial charge in [0.25, 0.3) is 0 Å². The van der Waals surface area contributed by atoms with Gasteiger partial charge in [-0.3, -0.25) is 0 Å². The highest BCUT2D eigenvalue weighted by Gasteiger charge is 2.27. The van der Waals surface area contributed by atoms with Gasteiger partial charge in [0.2, 0.25) is 0 Å². The van der Waals surface area contributed by atoms with Crippen molar-refractivity contribution in [1.82, 2.24) is 4.90 Å². The fourth-order valence-corrected chi connectivity index (χ4v) is 1.28. The third-order valence-corrected chi connectivity index (χ3v) is 1.83. The highest BCUT2D eigenvalue weighted by molar-refractivity contribution is 5.65. The molecule has 0 bridgehead atoms. The Bertz CT molecular complexity index is 137. The normalized spacial score (nSPS) is 25.3. The molecule has 1 fully saturated rings. The first-order chi connectivity index (χ1) is 4.75. The quantitative estimate of drug-likeness (QED) is 0.551. The summed E-state index contributed by atoms with van der Waals surface area (Å²) < 4.78 is 0. The number of carbonyl (C=O) groups is 1. The van der Waals surface area contributed by atoms with Crippen molar-refractivity contribution in [3.63, 3.8) is 0 Å². The smallest absolute Gasteiger partial charge is 0.407 e. The second-order valence-electron chi connectivity index (χ2n) is 2.45. The Balaban J connectivity index is 2.50. The van der Waals surface area contributed by atoms with Gasteiger partial charge < -0.3 is 15.1 Å². The van der Waals surface area contributed by atoms with Crippen LogP contribution in [0, 0.1) is 0 Å². The molecular weight excluding hydrogens is 134 g/mol. The van der Waals surface area contributed by atoms with Gasteiger partial charge in [-0.1, -0.05) is 0 Å². The predicted octanol–water partition coefficient (Wildman–Crippen LogP) is 0.121. The molecule has 1 atom stereocenters. The third kappa shape index (κ3) is 1.21. The van der Waals surface area contributed by atoms with E-state index in [1.807, 2.05) is 0 Å². The molecule has 0 aromatic heterocycles. The summed E-state index contributed by atoms with van der Waals surface area (Å²) in [6.07, 6.45) is 0.747. The van der Waals surface area contributed by atoms with Crippen molar-refractivity contribution in [2.24, 2.45) is 0 Å². The van der Waals surface area contributed by atoms with E-state index in [4.69, 9.17) is 10.2 Å². The fraction of sp³-hybridized carbons (Fsp3) is 0.833. The Hall–Kier alpha value is -0.770. The first-order valence-corrected chi connectivity index (χ1v) is 3.36. The number of rotatable bonds is 1. The zero-order chi connectivity index (χ0) is 7.56. The molecule has 0 spiro atoms. The molecule has 10 heavy (non-hydrogen) atoms. The molecule has 4 heteroatoms. The minimum atomic E-state index is -0.920. The Kier molecular flexibility index (Phi) is 2.11. The number of aliphatic hydroxyl groups excluding tert-OH is 1. The summed E-state index contributed by atoms with van der Waals surface area (Å²) in [6.45, 7) is 0.521. The molecule has 58 valence electrons. The van der Waals surface area contributed by atoms with Crippen LogP contribution < -0.4 is 0 Å². The van der Waals surface area contributed by atoms with Crippen LogP contribution in [0.15, 0.2) is 0 Å². The molecule has 0 aromatic carbocycles. The molecule has 1 saturated heterocycles. The van der Waals surface area contributed by atoms with Gasteiger partial charge in [-0.2, -0.15) is 0 Å². The second-order valence-corrected chi connectivity index (χ2v) is 2.45. The molecule has 1 aliphatic heterocycles. The molecule has 2 N–H and O–H groups in total. The van der Waals surface area contributed by atoms with Crippen molar-refractivity contribution in [1.29, 1.82) is 0 Å². The fourth-order valence-electron chi connectivity index (χ4n) is 1.28. The number of aliphatic hydroxyl groups is 1. The van der Waals surface area contributed by atoms with Crippen molar-refractivity contribution >= 4 is 6.09 Å². The van der Waals surface area contributed by atoms with E-state index in [-0.39, 0.29) is 12.6 Å². The van der Waals surface area contributed by atoms with Crippen molar-refractivity contribution in [3.05, 3.63) is 0 Å². The summed E-state index contributed by atoms with van der Waals surface area (Å²) in [5.41, 5.74) is 0. The Morgan fingerprint density at radius 3 is 2.80 bits per heavy atom. The van der Waals surface area contributed by atoms with Gasteiger partial charge in [0.15, 0.2) is 0 Å². The largest absolute Gasteiger partial charge is 0.465 e. The minimum Gasteiger partial charge on any atom is -0.465 e. The number of nitrogens with zero attached hydrogens (tertiary/aromatic N) is 1. The first-order valence-electron chi connectivity index (χ1n) is 3.36. The number of amides is 1. The van der Waals surface area contributed by atoms with E-state index in [0.717, 1.165) is 12.8 Å². The lowest BCUT2D eigenvalue weighted by molar-refractivity contribution is 0.118. The zero-order valence-corrected chi connectivity index (χ0v) is 5.66. The van der Waals surface area contributed by atoms with Crippen LogP contribution in [0.25, 0.3) is 0 Å². The van der Waals surface area contributed by atoms with E-state index in [1.165, 1.54) is 4.90 Å². The molecular formula is C6H11NO3. The lowest BCUT2D eigenvalue weighted by atomic mass is 10.2. The standard InChI is InChI=1S/C6H11NO3/c8-4-5-2-1-3-7(5)6(9)10/h5,8H,1-4H2,(H,9,10)/t5-/m1/s1. The van der Waals surface area contributed by atoms with Crippen molar-refractivity contribution < 1.29 is 15.0 Å². The van der Waals surface area contributed by atoms with E-state index in [2.05, 4.69) is 0 Å². The highest BCUT2D eigenvalue weighted by atomic mass is 16.4. The van der Waals surface area contributed by atoms with Crippen LogP contribution in [0.2, 0.25) is 0 Å². The van der Waals surface area contributed by atoms with E-state index >= 15 is 0 Å². The minimum absolute atomic E-state index is 0.0493. The maximum atomic E-state index is 10.4. The van der Waals surface area contributed by atoms with Crippen molar-refractivity contribution in [3.8, 4) is 0 Å². The van der Waals surface area contributed by atoms with Crippen LogP contribution in [-0.4, -0.2) is 40.4 Å². The zero-order valence-electron chi connectivity index (χ0n) is 5.66. The topological polar surface area (TPSA) is 60.8 Å². The Labute approximate surface area is 59.1 Å². The van der Waals surface area contributed by atoms with Gasteiger partial charge in [0, 0.05) is 6.54 Å². The SMILES string of the molecule is O=C(O)N1CCC[C@@H]1CO. The molecule has 0 saturated carbocycles. The van der Waals surface area contributed by atoms with E-state index in [0.29, 0.717) is 6.54 Å². The average molecular weight is 145 g/mol. The maximum absolute atomic E-state index is 10.4. The van der Waals surface area contributed by atoms with Crippen molar-refractivity contribution in [2.45, 2.75) is 18.9 Å². The number of likely N-dealkylation sites (tertiary alicyclic amines) is 1. The van der Waals surface area contributed by atoms with Crippen LogP contribution in [0.1, 0.15) is 12.8 Å². The number of hydrogen-bond acceptors (Lipinski definition) is 2. The summed E-state index contributed by atoms with van der Waals surface area (Å²) >= 11 is 0.